The van der Waals surface area contributed by atoms with Crippen LogP contribution in [0.3, 0.4) is 0 Å². The lowest BCUT2D eigenvalue weighted by Crippen LogP contribution is -2.37. The minimum Gasteiger partial charge on any atom is -0.399 e. The zero-order chi connectivity index (χ0) is 19.7. The number of H-pyrrole nitrogens is 1. The number of benzene rings is 1. The summed E-state index contributed by atoms with van der Waals surface area (Å²) < 4.78 is 11.7. The normalized spacial score (nSPS) is 20.7. The zero-order valence-corrected chi connectivity index (χ0v) is 16.4. The summed E-state index contributed by atoms with van der Waals surface area (Å²) in [6.45, 7) is 5.69. The van der Waals surface area contributed by atoms with Crippen molar-refractivity contribution in [3.8, 4) is 0 Å². The molecule has 0 spiro atoms. The Hall–Kier alpha value is -2.57. The first-order valence-electron chi connectivity index (χ1n) is 9.74. The Morgan fingerprint density at radius 1 is 1.25 bits per heavy atom. The number of nitrogen functional groups attached to an aromatic ring is 1. The number of carbonyl (C=O) groups excluding carboxylic acids is 1. The Morgan fingerprint density at radius 2 is 2.04 bits per heavy atom. The molecule has 1 amide bonds. The number of allylic oxidation sites excluding steroid dienone is 1. The van der Waals surface area contributed by atoms with E-state index in [1.54, 1.807) is 6.07 Å². The third-order valence-electron chi connectivity index (χ3n) is 5.20. The second kappa shape index (κ2) is 7.45. The molecule has 4 rings (SSSR count). The van der Waals surface area contributed by atoms with Crippen molar-refractivity contribution in [1.82, 2.24) is 4.98 Å². The maximum atomic E-state index is 12.7. The molecule has 6 nitrogen and oxygen atoms in total. The Balaban J connectivity index is 1.55. The van der Waals surface area contributed by atoms with E-state index in [9.17, 15) is 4.79 Å². The van der Waals surface area contributed by atoms with E-state index in [4.69, 9.17) is 15.2 Å². The summed E-state index contributed by atoms with van der Waals surface area (Å²) >= 11 is 0. The highest BCUT2D eigenvalue weighted by atomic mass is 16.7. The first-order valence-corrected chi connectivity index (χ1v) is 9.74. The first kappa shape index (κ1) is 18.8. The fourth-order valence-electron chi connectivity index (χ4n) is 3.74. The van der Waals surface area contributed by atoms with Crippen LogP contribution in [0.1, 0.15) is 44.4 Å². The van der Waals surface area contributed by atoms with Crippen LogP contribution in [0.15, 0.2) is 36.5 Å². The van der Waals surface area contributed by atoms with Gasteiger partial charge < -0.3 is 25.5 Å². The molecular weight excluding hydrogens is 354 g/mol. The molecule has 2 aliphatic heterocycles. The number of anilines is 2. The van der Waals surface area contributed by atoms with E-state index < -0.39 is 0 Å². The number of amides is 1. The summed E-state index contributed by atoms with van der Waals surface area (Å²) in [5, 5.41) is 2.95. The first-order chi connectivity index (χ1) is 13.4. The molecule has 3 heterocycles. The van der Waals surface area contributed by atoms with Gasteiger partial charge in [-0.25, -0.2) is 0 Å². The number of nitrogens with two attached hydrogens (primary N) is 1. The van der Waals surface area contributed by atoms with Crippen molar-refractivity contribution in [2.75, 3.05) is 24.3 Å². The van der Waals surface area contributed by atoms with Gasteiger partial charge in [0, 0.05) is 34.2 Å². The van der Waals surface area contributed by atoms with Crippen molar-refractivity contribution < 1.29 is 14.3 Å². The van der Waals surface area contributed by atoms with Crippen molar-refractivity contribution in [1.29, 1.82) is 0 Å². The summed E-state index contributed by atoms with van der Waals surface area (Å²) in [7, 11) is 0. The monoisotopic (exact) mass is 381 g/mol. The van der Waals surface area contributed by atoms with Gasteiger partial charge in [-0.3, -0.25) is 4.79 Å². The highest BCUT2D eigenvalue weighted by molar-refractivity contribution is 6.36. The predicted molar refractivity (Wildman–Crippen MR) is 110 cm³/mol. The van der Waals surface area contributed by atoms with Gasteiger partial charge in [0.05, 0.1) is 18.8 Å². The van der Waals surface area contributed by atoms with Crippen LogP contribution in [-0.2, 0) is 14.3 Å². The number of fused-ring (bicyclic) bond motifs is 1. The largest absolute Gasteiger partial charge is 0.399 e. The van der Waals surface area contributed by atoms with Crippen LogP contribution in [0.5, 0.6) is 0 Å². The second-order valence-electron chi connectivity index (χ2n) is 8.30. The lowest BCUT2D eigenvalue weighted by molar-refractivity contribution is -0.223. The van der Waals surface area contributed by atoms with Crippen molar-refractivity contribution in [3.63, 3.8) is 0 Å². The van der Waals surface area contributed by atoms with Crippen LogP contribution in [0, 0.1) is 5.41 Å². The standard InChI is InChI=1S/C22H27N3O3/c1-22(2)12-27-19(28-13-22)7-3-5-15(17-6-4-10-24-17)20-16-11-14(23)8-9-18(16)25-21(20)26/h4,6,8-11,19,24H,3,5,7,12-13,23H2,1-2H3,(H,25,26)/b20-15+. The summed E-state index contributed by atoms with van der Waals surface area (Å²) in [4.78, 5) is 16.0. The van der Waals surface area contributed by atoms with Gasteiger partial charge >= 0.3 is 0 Å². The smallest absolute Gasteiger partial charge is 0.256 e. The average molecular weight is 381 g/mol. The third-order valence-corrected chi connectivity index (χ3v) is 5.20. The minimum atomic E-state index is -0.178. The number of aromatic amines is 1. The summed E-state index contributed by atoms with van der Waals surface area (Å²) in [6, 6.07) is 9.46. The van der Waals surface area contributed by atoms with Crippen molar-refractivity contribution >= 4 is 28.4 Å². The van der Waals surface area contributed by atoms with Crippen molar-refractivity contribution in [3.05, 3.63) is 47.8 Å². The molecule has 0 atom stereocenters. The van der Waals surface area contributed by atoms with E-state index in [0.29, 0.717) is 24.5 Å². The number of rotatable bonds is 5. The van der Waals surface area contributed by atoms with Crippen LogP contribution in [0.25, 0.3) is 11.1 Å². The van der Waals surface area contributed by atoms with Crippen LogP contribution in [0.4, 0.5) is 11.4 Å². The maximum Gasteiger partial charge on any atom is 0.256 e. The molecule has 28 heavy (non-hydrogen) atoms. The summed E-state index contributed by atoms with van der Waals surface area (Å²) in [5.41, 5.74) is 11.0. The molecule has 0 radical (unpaired) electrons. The molecule has 0 unspecified atom stereocenters. The summed E-state index contributed by atoms with van der Waals surface area (Å²) in [6.07, 6.45) is 4.08. The lowest BCUT2D eigenvalue weighted by Gasteiger charge is -2.34. The highest BCUT2D eigenvalue weighted by Gasteiger charge is 2.30. The maximum absolute atomic E-state index is 12.7. The fraction of sp³-hybridized carbons (Fsp3) is 0.409. The Kier molecular flexibility index (Phi) is 5.00. The van der Waals surface area contributed by atoms with Gasteiger partial charge in [-0.2, -0.15) is 0 Å². The Morgan fingerprint density at radius 3 is 2.75 bits per heavy atom. The molecule has 1 aromatic heterocycles. The predicted octanol–water partition coefficient (Wildman–Crippen LogP) is 4.03. The molecule has 0 saturated carbocycles. The second-order valence-corrected chi connectivity index (χ2v) is 8.30. The van der Waals surface area contributed by atoms with Gasteiger partial charge in [-0.15, -0.1) is 0 Å². The molecule has 148 valence electrons. The van der Waals surface area contributed by atoms with Gasteiger partial charge in [-0.1, -0.05) is 13.8 Å². The van der Waals surface area contributed by atoms with Gasteiger partial charge in [0.25, 0.3) is 5.91 Å². The van der Waals surface area contributed by atoms with E-state index in [2.05, 4.69) is 24.1 Å². The average Bonchev–Trinajstić information content (AvgIpc) is 3.28. The van der Waals surface area contributed by atoms with Gasteiger partial charge in [0.1, 0.15) is 0 Å². The van der Waals surface area contributed by atoms with Crippen molar-refractivity contribution in [2.24, 2.45) is 5.41 Å². The Labute approximate surface area is 165 Å². The number of ether oxygens (including phenoxy) is 2. The van der Waals surface area contributed by atoms with Crippen LogP contribution >= 0.6 is 0 Å². The molecule has 1 aromatic carbocycles. The SMILES string of the molecule is CC1(C)COC(CCC/C(=C2\C(=O)Nc3ccc(N)cc32)c2ccc[nH]2)OC1. The van der Waals surface area contributed by atoms with Crippen LogP contribution in [0.2, 0.25) is 0 Å². The fourth-order valence-corrected chi connectivity index (χ4v) is 3.74. The van der Waals surface area contributed by atoms with Gasteiger partial charge in [-0.05, 0) is 55.2 Å². The highest BCUT2D eigenvalue weighted by Crippen LogP contribution is 2.39. The number of nitrogens with one attached hydrogen (secondary N) is 2. The number of carbonyl (C=O) groups is 1. The number of hydrogen-bond acceptors (Lipinski definition) is 4. The van der Waals surface area contributed by atoms with Crippen molar-refractivity contribution in [2.45, 2.75) is 39.4 Å². The topological polar surface area (TPSA) is 89.4 Å². The molecule has 4 N–H and O–H groups in total. The molecule has 1 fully saturated rings. The van der Waals surface area contributed by atoms with E-state index in [1.807, 2.05) is 30.5 Å². The molecule has 1 saturated heterocycles. The minimum absolute atomic E-state index is 0.0689. The summed E-state index contributed by atoms with van der Waals surface area (Å²) in [5.74, 6) is -0.0860. The van der Waals surface area contributed by atoms with Gasteiger partial charge in [0.2, 0.25) is 0 Å². The van der Waals surface area contributed by atoms with E-state index in [-0.39, 0.29) is 17.6 Å². The van der Waals surface area contributed by atoms with E-state index >= 15 is 0 Å². The molecule has 2 aromatic rings. The zero-order valence-electron chi connectivity index (χ0n) is 16.4. The molecule has 6 heteroatoms. The molecular formula is C22H27N3O3. The number of hydrogen-bond donors (Lipinski definition) is 3. The lowest BCUT2D eigenvalue weighted by atomic mass is 9.94. The third kappa shape index (κ3) is 3.84. The quantitative estimate of drug-likeness (QED) is 0.539. The van der Waals surface area contributed by atoms with Crippen LogP contribution in [-0.4, -0.2) is 30.4 Å². The molecule has 0 aliphatic carbocycles. The molecule has 0 bridgehead atoms. The van der Waals surface area contributed by atoms with Crippen LogP contribution < -0.4 is 11.1 Å². The molecule has 2 aliphatic rings. The van der Waals surface area contributed by atoms with Gasteiger partial charge in [0.15, 0.2) is 6.29 Å². The van der Waals surface area contributed by atoms with E-state index in [0.717, 1.165) is 41.8 Å². The Bertz CT molecular complexity index is 890. The number of aromatic nitrogens is 1. The van der Waals surface area contributed by atoms with E-state index in [1.165, 1.54) is 0 Å².